The van der Waals surface area contributed by atoms with Crippen LogP contribution in [0.1, 0.15) is 37.4 Å². The maximum atomic E-state index is 5.67. The second-order valence-electron chi connectivity index (χ2n) is 6.25. The van der Waals surface area contributed by atoms with Gasteiger partial charge >= 0.3 is 0 Å². The number of nitrogens with zero attached hydrogens (tertiary/aromatic N) is 3. The van der Waals surface area contributed by atoms with E-state index >= 15 is 0 Å². The summed E-state index contributed by atoms with van der Waals surface area (Å²) in [6, 6.07) is 16.3. The zero-order valence-corrected chi connectivity index (χ0v) is 14.4. The van der Waals surface area contributed by atoms with Crippen LogP contribution < -0.4 is 5.32 Å². The van der Waals surface area contributed by atoms with Crippen molar-refractivity contribution in [3.63, 3.8) is 0 Å². The second kappa shape index (κ2) is 7.55. The van der Waals surface area contributed by atoms with Gasteiger partial charge in [0.05, 0.1) is 12.1 Å². The van der Waals surface area contributed by atoms with Crippen LogP contribution in [-0.4, -0.2) is 28.3 Å². The lowest BCUT2D eigenvalue weighted by Crippen LogP contribution is -2.31. The van der Waals surface area contributed by atoms with Crippen LogP contribution in [0, 0.1) is 5.92 Å². The fourth-order valence-corrected chi connectivity index (χ4v) is 2.94. The van der Waals surface area contributed by atoms with E-state index in [-0.39, 0.29) is 12.1 Å². The predicted molar refractivity (Wildman–Crippen MR) is 94.8 cm³/mol. The van der Waals surface area contributed by atoms with Crippen molar-refractivity contribution in [3.8, 4) is 0 Å². The van der Waals surface area contributed by atoms with Gasteiger partial charge < -0.3 is 10.1 Å². The minimum Gasteiger partial charge on any atom is -0.375 e. The van der Waals surface area contributed by atoms with Crippen molar-refractivity contribution in [3.05, 3.63) is 66.1 Å². The Bertz CT molecular complexity index is 769. The van der Waals surface area contributed by atoms with Crippen LogP contribution in [0.5, 0.6) is 0 Å². The molecule has 1 N–H and O–H groups in total. The fraction of sp³-hybridized carbons (Fsp3) is 0.368. The number of aromatic nitrogens is 3. The van der Waals surface area contributed by atoms with Gasteiger partial charge in [0, 0.05) is 19.9 Å². The van der Waals surface area contributed by atoms with Crippen molar-refractivity contribution in [2.45, 2.75) is 26.0 Å². The Balaban J connectivity index is 1.79. The molecule has 0 amide bonds. The number of benzene rings is 1. The van der Waals surface area contributed by atoms with Crippen LogP contribution in [0.2, 0.25) is 0 Å². The lowest BCUT2D eigenvalue weighted by molar-refractivity contribution is 0.0969. The summed E-state index contributed by atoms with van der Waals surface area (Å²) in [6.45, 7) is 5.09. The standard InChI is InChI=1S/C19H24N4O/c1-14(2)18(19-22-21-17-11-7-8-12-23(17)19)20-13-16(24-3)15-9-5-4-6-10-15/h4-12,14,16,18,20H,13H2,1-3H3/t16-,18+/m1/s1. The van der Waals surface area contributed by atoms with E-state index in [4.69, 9.17) is 4.74 Å². The number of hydrogen-bond donors (Lipinski definition) is 1. The van der Waals surface area contributed by atoms with Crippen molar-refractivity contribution >= 4 is 5.65 Å². The van der Waals surface area contributed by atoms with E-state index in [1.54, 1.807) is 7.11 Å². The Morgan fingerprint density at radius 2 is 1.79 bits per heavy atom. The second-order valence-corrected chi connectivity index (χ2v) is 6.25. The zero-order chi connectivity index (χ0) is 16.9. The first-order chi connectivity index (χ1) is 11.7. The number of rotatable bonds is 7. The number of ether oxygens (including phenoxy) is 1. The van der Waals surface area contributed by atoms with Gasteiger partial charge in [0.15, 0.2) is 11.5 Å². The van der Waals surface area contributed by atoms with Crippen LogP contribution in [0.4, 0.5) is 0 Å². The lowest BCUT2D eigenvalue weighted by atomic mass is 10.0. The third-order valence-corrected chi connectivity index (χ3v) is 4.26. The molecule has 2 aromatic heterocycles. The number of methoxy groups -OCH3 is 1. The summed E-state index contributed by atoms with van der Waals surface area (Å²) in [5.41, 5.74) is 2.03. The molecule has 0 radical (unpaired) electrons. The summed E-state index contributed by atoms with van der Waals surface area (Å²) in [7, 11) is 1.75. The van der Waals surface area contributed by atoms with Crippen LogP contribution >= 0.6 is 0 Å². The number of pyridine rings is 1. The van der Waals surface area contributed by atoms with Gasteiger partial charge in [-0.05, 0) is 23.6 Å². The highest BCUT2D eigenvalue weighted by molar-refractivity contribution is 5.37. The molecule has 2 atom stereocenters. The molecule has 1 aromatic carbocycles. The SMILES string of the molecule is CO[C@H](CN[C@H](c1nnc2ccccn12)C(C)C)c1ccccc1. The van der Waals surface area contributed by atoms with Gasteiger partial charge in [0.2, 0.25) is 0 Å². The average Bonchev–Trinajstić information content (AvgIpc) is 3.03. The van der Waals surface area contributed by atoms with E-state index in [1.807, 2.05) is 47.0 Å². The summed E-state index contributed by atoms with van der Waals surface area (Å²) in [5, 5.41) is 12.3. The van der Waals surface area contributed by atoms with Crippen LogP contribution in [0.3, 0.4) is 0 Å². The molecule has 2 heterocycles. The molecule has 126 valence electrons. The molecule has 5 nitrogen and oxygen atoms in total. The predicted octanol–water partition coefficient (Wildman–Crippen LogP) is 3.40. The van der Waals surface area contributed by atoms with Crippen molar-refractivity contribution in [1.29, 1.82) is 0 Å². The molecule has 0 spiro atoms. The molecule has 0 aliphatic rings. The Labute approximate surface area is 142 Å². The quantitative estimate of drug-likeness (QED) is 0.724. The minimum absolute atomic E-state index is 0.00614. The van der Waals surface area contributed by atoms with Crippen LogP contribution in [0.25, 0.3) is 5.65 Å². The molecule has 0 saturated heterocycles. The van der Waals surface area contributed by atoms with E-state index in [2.05, 4.69) is 41.5 Å². The molecule has 5 heteroatoms. The summed E-state index contributed by atoms with van der Waals surface area (Å²) < 4.78 is 7.71. The Kier molecular flexibility index (Phi) is 5.23. The third-order valence-electron chi connectivity index (χ3n) is 4.26. The molecule has 3 rings (SSSR count). The number of nitrogens with one attached hydrogen (secondary N) is 1. The average molecular weight is 324 g/mol. The first kappa shape index (κ1) is 16.6. The van der Waals surface area contributed by atoms with Crippen LogP contribution in [0.15, 0.2) is 54.7 Å². The molecule has 0 saturated carbocycles. The first-order valence-corrected chi connectivity index (χ1v) is 8.31. The third kappa shape index (κ3) is 3.47. The summed E-state index contributed by atoms with van der Waals surface area (Å²) in [6.07, 6.45) is 2.01. The minimum atomic E-state index is 0.00614. The highest BCUT2D eigenvalue weighted by Crippen LogP contribution is 2.23. The Hall–Kier alpha value is -2.24. The summed E-state index contributed by atoms with van der Waals surface area (Å²) in [5.74, 6) is 1.31. The zero-order valence-electron chi connectivity index (χ0n) is 14.4. The van der Waals surface area contributed by atoms with E-state index in [9.17, 15) is 0 Å². The van der Waals surface area contributed by atoms with Crippen LogP contribution in [-0.2, 0) is 4.74 Å². The lowest BCUT2D eigenvalue weighted by Gasteiger charge is -2.24. The number of fused-ring (bicyclic) bond motifs is 1. The largest absolute Gasteiger partial charge is 0.375 e. The molecule has 0 fully saturated rings. The van der Waals surface area contributed by atoms with E-state index in [0.717, 1.165) is 11.5 Å². The Morgan fingerprint density at radius 3 is 2.50 bits per heavy atom. The molecule has 0 unspecified atom stereocenters. The van der Waals surface area contributed by atoms with Gasteiger partial charge in [-0.1, -0.05) is 50.2 Å². The molecular weight excluding hydrogens is 300 g/mol. The maximum absolute atomic E-state index is 5.67. The van der Waals surface area contributed by atoms with Gasteiger partial charge in [-0.15, -0.1) is 10.2 Å². The van der Waals surface area contributed by atoms with Crippen molar-refractivity contribution in [2.24, 2.45) is 5.92 Å². The highest BCUT2D eigenvalue weighted by atomic mass is 16.5. The molecule has 0 aliphatic carbocycles. The van der Waals surface area contributed by atoms with Gasteiger partial charge in [-0.2, -0.15) is 0 Å². The fourth-order valence-electron chi connectivity index (χ4n) is 2.94. The van der Waals surface area contributed by atoms with Gasteiger partial charge in [-0.3, -0.25) is 4.40 Å². The van der Waals surface area contributed by atoms with E-state index in [1.165, 1.54) is 5.56 Å². The molecular formula is C19H24N4O. The summed E-state index contributed by atoms with van der Waals surface area (Å²) >= 11 is 0. The smallest absolute Gasteiger partial charge is 0.160 e. The van der Waals surface area contributed by atoms with Crippen molar-refractivity contribution in [1.82, 2.24) is 19.9 Å². The van der Waals surface area contributed by atoms with E-state index in [0.29, 0.717) is 12.5 Å². The normalized spacial score (nSPS) is 14.2. The van der Waals surface area contributed by atoms with Crippen molar-refractivity contribution < 1.29 is 4.74 Å². The molecule has 24 heavy (non-hydrogen) atoms. The molecule has 3 aromatic rings. The topological polar surface area (TPSA) is 51.5 Å². The van der Waals surface area contributed by atoms with Gasteiger partial charge in [-0.25, -0.2) is 0 Å². The number of hydrogen-bond acceptors (Lipinski definition) is 4. The van der Waals surface area contributed by atoms with Gasteiger partial charge in [0.1, 0.15) is 0 Å². The van der Waals surface area contributed by atoms with Gasteiger partial charge in [0.25, 0.3) is 0 Å². The highest BCUT2D eigenvalue weighted by Gasteiger charge is 2.22. The van der Waals surface area contributed by atoms with E-state index < -0.39 is 0 Å². The first-order valence-electron chi connectivity index (χ1n) is 8.31. The summed E-state index contributed by atoms with van der Waals surface area (Å²) in [4.78, 5) is 0. The monoisotopic (exact) mass is 324 g/mol. The van der Waals surface area contributed by atoms with Crippen molar-refractivity contribution in [2.75, 3.05) is 13.7 Å². The Morgan fingerprint density at radius 1 is 1.04 bits per heavy atom. The molecule has 0 bridgehead atoms. The molecule has 0 aliphatic heterocycles. The maximum Gasteiger partial charge on any atom is 0.160 e.